The predicted octanol–water partition coefficient (Wildman–Crippen LogP) is 4.98. The van der Waals surface area contributed by atoms with Gasteiger partial charge in [0.15, 0.2) is 0 Å². The lowest BCUT2D eigenvalue weighted by Gasteiger charge is -2.07. The van der Waals surface area contributed by atoms with Crippen molar-refractivity contribution in [1.82, 2.24) is 0 Å². The van der Waals surface area contributed by atoms with Crippen LogP contribution in [0.4, 0.5) is 5.69 Å². The molecule has 0 bridgehead atoms. The van der Waals surface area contributed by atoms with Crippen LogP contribution < -0.4 is 9.47 Å². The first-order valence-corrected chi connectivity index (χ1v) is 7.45. The van der Waals surface area contributed by atoms with Gasteiger partial charge in [-0.15, -0.1) is 0 Å². The van der Waals surface area contributed by atoms with Crippen molar-refractivity contribution in [2.24, 2.45) is 4.99 Å². The fourth-order valence-corrected chi connectivity index (χ4v) is 2.11. The minimum Gasteiger partial charge on any atom is -0.493 e. The number of carbonyl (C=O) groups excluding carboxylic acids is 1. The van der Waals surface area contributed by atoms with E-state index in [4.69, 9.17) is 21.1 Å². The highest BCUT2D eigenvalue weighted by molar-refractivity contribution is 6.30. The van der Waals surface area contributed by atoms with Gasteiger partial charge in [-0.1, -0.05) is 17.7 Å². The molecule has 0 atom stereocenters. The van der Waals surface area contributed by atoms with Crippen molar-refractivity contribution in [3.8, 4) is 11.5 Å². The summed E-state index contributed by atoms with van der Waals surface area (Å²) in [6, 6.07) is 12.4. The molecule has 0 aliphatic carbocycles. The van der Waals surface area contributed by atoms with Crippen LogP contribution in [0.2, 0.25) is 5.02 Å². The van der Waals surface area contributed by atoms with Gasteiger partial charge in [0.2, 0.25) is 6.08 Å². The smallest absolute Gasteiger partial charge is 0.240 e. The average Bonchev–Trinajstić information content (AvgIpc) is 2.53. The number of aryl methyl sites for hydroxylation is 1. The van der Waals surface area contributed by atoms with Gasteiger partial charge in [-0.25, -0.2) is 4.79 Å². The summed E-state index contributed by atoms with van der Waals surface area (Å²) >= 11 is 5.90. The highest BCUT2D eigenvalue weighted by Gasteiger charge is 1.99. The van der Waals surface area contributed by atoms with Gasteiger partial charge >= 0.3 is 0 Å². The molecular weight excluding hydrogens is 314 g/mol. The molecule has 23 heavy (non-hydrogen) atoms. The molecule has 2 aromatic rings. The Labute approximate surface area is 140 Å². The summed E-state index contributed by atoms with van der Waals surface area (Å²) in [4.78, 5) is 13.7. The SMILES string of the molecule is Cc1cc(Cl)ccc1OCCC=COc1cccc(N=C=O)c1. The molecule has 4 nitrogen and oxygen atoms in total. The number of nitrogens with zero attached hydrogens (tertiary/aromatic N) is 1. The summed E-state index contributed by atoms with van der Waals surface area (Å²) in [7, 11) is 0. The Morgan fingerprint density at radius 3 is 2.91 bits per heavy atom. The van der Waals surface area contributed by atoms with E-state index in [1.54, 1.807) is 36.6 Å². The average molecular weight is 330 g/mol. The maximum Gasteiger partial charge on any atom is 0.240 e. The summed E-state index contributed by atoms with van der Waals surface area (Å²) in [6.45, 7) is 2.49. The lowest BCUT2D eigenvalue weighted by atomic mass is 10.2. The lowest BCUT2D eigenvalue weighted by molar-refractivity contribution is 0.321. The first kappa shape index (κ1) is 16.8. The van der Waals surface area contributed by atoms with Crippen molar-refractivity contribution < 1.29 is 14.3 Å². The van der Waals surface area contributed by atoms with Gasteiger partial charge in [0.25, 0.3) is 0 Å². The minimum absolute atomic E-state index is 0.507. The first-order valence-electron chi connectivity index (χ1n) is 7.07. The maximum atomic E-state index is 10.2. The first-order chi connectivity index (χ1) is 11.2. The Kier molecular flexibility index (Phi) is 6.42. The molecule has 0 spiro atoms. The topological polar surface area (TPSA) is 47.9 Å². The Bertz CT molecular complexity index is 737. The predicted molar refractivity (Wildman–Crippen MR) is 90.3 cm³/mol. The van der Waals surface area contributed by atoms with Crippen molar-refractivity contribution >= 4 is 23.4 Å². The molecule has 0 N–H and O–H groups in total. The zero-order chi connectivity index (χ0) is 16.5. The summed E-state index contributed by atoms with van der Waals surface area (Å²) < 4.78 is 11.1. The molecule has 0 saturated carbocycles. The lowest BCUT2D eigenvalue weighted by Crippen LogP contribution is -1.97. The van der Waals surface area contributed by atoms with E-state index in [0.717, 1.165) is 11.3 Å². The van der Waals surface area contributed by atoms with E-state index in [1.165, 1.54) is 6.08 Å². The molecule has 0 amide bonds. The zero-order valence-corrected chi connectivity index (χ0v) is 13.4. The molecule has 2 rings (SSSR count). The third kappa shape index (κ3) is 5.62. The van der Waals surface area contributed by atoms with Gasteiger partial charge in [-0.2, -0.15) is 4.99 Å². The van der Waals surface area contributed by atoms with Crippen LogP contribution >= 0.6 is 11.6 Å². The van der Waals surface area contributed by atoms with E-state index in [0.29, 0.717) is 29.5 Å². The van der Waals surface area contributed by atoms with Crippen LogP contribution in [0.3, 0.4) is 0 Å². The van der Waals surface area contributed by atoms with E-state index in [2.05, 4.69) is 4.99 Å². The third-order valence-electron chi connectivity index (χ3n) is 2.97. The highest BCUT2D eigenvalue weighted by Crippen LogP contribution is 2.22. The van der Waals surface area contributed by atoms with Crippen molar-refractivity contribution in [2.45, 2.75) is 13.3 Å². The number of ether oxygens (including phenoxy) is 2. The van der Waals surface area contributed by atoms with Crippen molar-refractivity contribution in [1.29, 1.82) is 0 Å². The van der Waals surface area contributed by atoms with Crippen LogP contribution in [0.15, 0.2) is 59.8 Å². The molecule has 2 aromatic carbocycles. The Hall–Kier alpha value is -2.55. The number of hydrogen-bond acceptors (Lipinski definition) is 4. The maximum absolute atomic E-state index is 10.2. The summed E-state index contributed by atoms with van der Waals surface area (Å²) in [5, 5.41) is 0.698. The van der Waals surface area contributed by atoms with Crippen LogP contribution in [0.1, 0.15) is 12.0 Å². The van der Waals surface area contributed by atoms with E-state index >= 15 is 0 Å². The van der Waals surface area contributed by atoms with E-state index in [9.17, 15) is 4.79 Å². The Morgan fingerprint density at radius 2 is 2.13 bits per heavy atom. The molecule has 0 fully saturated rings. The number of isocyanates is 1. The number of rotatable bonds is 7. The molecule has 0 radical (unpaired) electrons. The van der Waals surface area contributed by atoms with Gasteiger partial charge < -0.3 is 9.47 Å². The second-order valence-electron chi connectivity index (χ2n) is 4.74. The van der Waals surface area contributed by atoms with Gasteiger partial charge in [0, 0.05) is 17.5 Å². The highest BCUT2D eigenvalue weighted by atomic mass is 35.5. The molecule has 0 aliphatic rings. The van der Waals surface area contributed by atoms with E-state index < -0.39 is 0 Å². The molecular formula is C18H16ClNO3. The van der Waals surface area contributed by atoms with E-state index in [-0.39, 0.29) is 0 Å². The molecule has 0 saturated heterocycles. The van der Waals surface area contributed by atoms with Crippen molar-refractivity contribution in [3.63, 3.8) is 0 Å². The molecule has 0 heterocycles. The Balaban J connectivity index is 1.77. The standard InChI is InChI=1S/C18H16ClNO3/c1-14-11-15(19)7-8-18(14)23-10-3-2-9-22-17-6-4-5-16(12-17)20-13-21/h2,4-9,11-12H,3,10H2,1H3. The largest absolute Gasteiger partial charge is 0.493 e. The molecule has 118 valence electrons. The quantitative estimate of drug-likeness (QED) is 0.311. The minimum atomic E-state index is 0.507. The zero-order valence-electron chi connectivity index (χ0n) is 12.7. The molecule has 0 unspecified atom stereocenters. The number of halogens is 1. The van der Waals surface area contributed by atoms with Gasteiger partial charge in [0.1, 0.15) is 11.5 Å². The second-order valence-corrected chi connectivity index (χ2v) is 5.17. The molecule has 0 aromatic heterocycles. The fourth-order valence-electron chi connectivity index (χ4n) is 1.89. The summed E-state index contributed by atoms with van der Waals surface area (Å²) in [5.74, 6) is 1.43. The van der Waals surface area contributed by atoms with Crippen LogP contribution in [0, 0.1) is 6.92 Å². The van der Waals surface area contributed by atoms with Crippen LogP contribution in [-0.2, 0) is 4.79 Å². The molecule has 5 heteroatoms. The van der Waals surface area contributed by atoms with Gasteiger partial charge in [0.05, 0.1) is 18.6 Å². The van der Waals surface area contributed by atoms with Gasteiger partial charge in [-0.3, -0.25) is 0 Å². The van der Waals surface area contributed by atoms with Crippen molar-refractivity contribution in [2.75, 3.05) is 6.61 Å². The van der Waals surface area contributed by atoms with Crippen LogP contribution in [-0.4, -0.2) is 12.7 Å². The van der Waals surface area contributed by atoms with E-state index in [1.807, 2.05) is 25.1 Å². The second kappa shape index (κ2) is 8.79. The number of hydrogen-bond donors (Lipinski definition) is 0. The van der Waals surface area contributed by atoms with Gasteiger partial charge in [-0.05, 0) is 48.9 Å². The fraction of sp³-hybridized carbons (Fsp3) is 0.167. The van der Waals surface area contributed by atoms with Crippen molar-refractivity contribution in [3.05, 3.63) is 65.4 Å². The summed E-state index contributed by atoms with van der Waals surface area (Å²) in [6.07, 6.45) is 5.65. The number of aliphatic imine (C=N–C) groups is 1. The number of benzene rings is 2. The Morgan fingerprint density at radius 1 is 1.26 bits per heavy atom. The molecule has 0 aliphatic heterocycles. The third-order valence-corrected chi connectivity index (χ3v) is 3.21. The van der Waals surface area contributed by atoms with Crippen LogP contribution in [0.5, 0.6) is 11.5 Å². The van der Waals surface area contributed by atoms with Crippen LogP contribution in [0.25, 0.3) is 0 Å². The summed E-state index contributed by atoms with van der Waals surface area (Å²) in [5.41, 5.74) is 1.51. The monoisotopic (exact) mass is 329 g/mol. The normalized spacial score (nSPS) is 10.3.